The lowest BCUT2D eigenvalue weighted by Gasteiger charge is -2.40. The smallest absolute Gasteiger partial charge is 0.203 e. The molecule has 1 aromatic rings. The van der Waals surface area contributed by atoms with Crippen LogP contribution in [0.1, 0.15) is 37.7 Å². The van der Waals surface area contributed by atoms with Gasteiger partial charge >= 0.3 is 0 Å². The number of hydrogen-bond donors (Lipinski definition) is 1. The van der Waals surface area contributed by atoms with Crippen molar-refractivity contribution in [2.24, 2.45) is 0 Å². The van der Waals surface area contributed by atoms with Crippen LogP contribution >= 0.6 is 0 Å². The number of ether oxygens (including phenoxy) is 2. The van der Waals surface area contributed by atoms with Gasteiger partial charge in [0, 0.05) is 44.3 Å². The number of nitrogens with zero attached hydrogens (tertiary/aromatic N) is 2. The molecule has 0 bridgehead atoms. The number of aromatic hydroxyl groups is 1. The summed E-state index contributed by atoms with van der Waals surface area (Å²) in [6, 6.07) is 4.60. The van der Waals surface area contributed by atoms with Crippen molar-refractivity contribution < 1.29 is 14.6 Å². The van der Waals surface area contributed by atoms with Crippen LogP contribution in [0.4, 0.5) is 0 Å². The number of phenols is 1. The fourth-order valence-corrected chi connectivity index (χ4v) is 4.05. The average Bonchev–Trinajstić information content (AvgIpc) is 2.64. The molecule has 0 spiro atoms. The van der Waals surface area contributed by atoms with Crippen molar-refractivity contribution >= 4 is 0 Å². The molecule has 0 unspecified atom stereocenters. The third-order valence-electron chi connectivity index (χ3n) is 5.49. The summed E-state index contributed by atoms with van der Waals surface area (Å²) in [7, 11) is 3.14. The van der Waals surface area contributed by atoms with Gasteiger partial charge in [-0.05, 0) is 18.9 Å². The summed E-state index contributed by atoms with van der Waals surface area (Å²) in [6.07, 6.45) is 6.94. The maximum Gasteiger partial charge on any atom is 0.203 e. The Labute approximate surface area is 145 Å². The molecule has 24 heavy (non-hydrogen) atoms. The fraction of sp³-hybridized carbons (Fsp3) is 0.684. The van der Waals surface area contributed by atoms with Crippen LogP contribution in [-0.4, -0.2) is 61.3 Å². The van der Waals surface area contributed by atoms with Crippen molar-refractivity contribution in [3.05, 3.63) is 17.7 Å². The Morgan fingerprint density at radius 2 is 1.71 bits per heavy atom. The number of phenolic OH excluding ortho intramolecular Hbond substituents is 1. The first-order valence-corrected chi connectivity index (χ1v) is 9.12. The first kappa shape index (κ1) is 17.4. The minimum Gasteiger partial charge on any atom is -0.504 e. The molecule has 0 amide bonds. The van der Waals surface area contributed by atoms with Gasteiger partial charge in [-0.1, -0.05) is 25.3 Å². The molecule has 1 aliphatic carbocycles. The Bertz CT molecular complexity index is 536. The first-order valence-electron chi connectivity index (χ1n) is 9.12. The zero-order valence-corrected chi connectivity index (χ0v) is 15.0. The predicted molar refractivity (Wildman–Crippen MR) is 94.9 cm³/mol. The van der Waals surface area contributed by atoms with Crippen molar-refractivity contribution in [1.82, 2.24) is 9.80 Å². The molecule has 5 nitrogen and oxygen atoms in total. The lowest BCUT2D eigenvalue weighted by atomic mass is 9.94. The minimum absolute atomic E-state index is 0.201. The molecule has 0 atom stereocenters. The molecule has 1 saturated heterocycles. The van der Waals surface area contributed by atoms with Gasteiger partial charge in [0.05, 0.1) is 14.2 Å². The summed E-state index contributed by atoms with van der Waals surface area (Å²) in [5, 5.41) is 10.4. The van der Waals surface area contributed by atoms with E-state index < -0.39 is 0 Å². The molecule has 1 saturated carbocycles. The van der Waals surface area contributed by atoms with E-state index >= 15 is 0 Å². The molecule has 0 aromatic heterocycles. The molecular formula is C19H30N2O3. The molecule has 3 rings (SSSR count). The van der Waals surface area contributed by atoms with Crippen LogP contribution in [0.3, 0.4) is 0 Å². The van der Waals surface area contributed by atoms with E-state index in [1.807, 2.05) is 12.1 Å². The molecule has 2 fully saturated rings. The summed E-state index contributed by atoms with van der Waals surface area (Å²) >= 11 is 0. The van der Waals surface area contributed by atoms with Crippen LogP contribution < -0.4 is 9.47 Å². The molecule has 1 aromatic carbocycles. The lowest BCUT2D eigenvalue weighted by Crippen LogP contribution is -2.50. The van der Waals surface area contributed by atoms with E-state index in [9.17, 15) is 5.11 Å². The number of benzene rings is 1. The van der Waals surface area contributed by atoms with E-state index in [-0.39, 0.29) is 5.75 Å². The summed E-state index contributed by atoms with van der Waals surface area (Å²) < 4.78 is 10.5. The summed E-state index contributed by atoms with van der Waals surface area (Å²) in [6.45, 7) is 5.15. The highest BCUT2D eigenvalue weighted by Crippen LogP contribution is 2.39. The van der Waals surface area contributed by atoms with Gasteiger partial charge in [-0.25, -0.2) is 0 Å². The minimum atomic E-state index is 0.201. The summed E-state index contributed by atoms with van der Waals surface area (Å²) in [4.78, 5) is 5.09. The molecule has 1 N–H and O–H groups in total. The Morgan fingerprint density at radius 1 is 1.00 bits per heavy atom. The topological polar surface area (TPSA) is 45.2 Å². The lowest BCUT2D eigenvalue weighted by molar-refractivity contribution is 0.0750. The average molecular weight is 334 g/mol. The molecule has 5 heteroatoms. The predicted octanol–water partition coefficient (Wildman–Crippen LogP) is 2.86. The van der Waals surface area contributed by atoms with Gasteiger partial charge < -0.3 is 14.6 Å². The van der Waals surface area contributed by atoms with E-state index in [1.165, 1.54) is 32.1 Å². The normalized spacial score (nSPS) is 20.9. The van der Waals surface area contributed by atoms with Crippen molar-refractivity contribution in [3.63, 3.8) is 0 Å². The molecule has 2 aliphatic rings. The van der Waals surface area contributed by atoms with Gasteiger partial charge in [0.1, 0.15) is 0 Å². The molecular weight excluding hydrogens is 304 g/mol. The van der Waals surface area contributed by atoms with Crippen LogP contribution in [0.25, 0.3) is 0 Å². The SMILES string of the molecule is COc1ccc(CN2CCN(C3CCCCC3)CC2)c(O)c1OC. The van der Waals surface area contributed by atoms with Crippen LogP contribution in [0.15, 0.2) is 12.1 Å². The molecule has 134 valence electrons. The fourth-order valence-electron chi connectivity index (χ4n) is 4.05. The van der Waals surface area contributed by atoms with Crippen molar-refractivity contribution in [2.75, 3.05) is 40.4 Å². The quantitative estimate of drug-likeness (QED) is 0.897. The monoisotopic (exact) mass is 334 g/mol. The summed E-state index contributed by atoms with van der Waals surface area (Å²) in [5.41, 5.74) is 0.902. The zero-order chi connectivity index (χ0) is 16.9. The Balaban J connectivity index is 1.58. The van der Waals surface area contributed by atoms with Crippen LogP contribution in [-0.2, 0) is 6.54 Å². The number of piperazine rings is 1. The number of hydrogen-bond acceptors (Lipinski definition) is 5. The van der Waals surface area contributed by atoms with Crippen molar-refractivity contribution in [2.45, 2.75) is 44.7 Å². The zero-order valence-electron chi connectivity index (χ0n) is 15.0. The van der Waals surface area contributed by atoms with E-state index in [0.717, 1.165) is 44.3 Å². The molecule has 1 heterocycles. The second-order valence-corrected chi connectivity index (χ2v) is 6.91. The van der Waals surface area contributed by atoms with E-state index in [2.05, 4.69) is 9.80 Å². The Morgan fingerprint density at radius 3 is 2.33 bits per heavy atom. The van der Waals surface area contributed by atoms with Crippen molar-refractivity contribution in [1.29, 1.82) is 0 Å². The maximum absolute atomic E-state index is 10.4. The standard InChI is InChI=1S/C19H30N2O3/c1-23-17-9-8-15(18(22)19(17)24-2)14-20-10-12-21(13-11-20)16-6-4-3-5-7-16/h8-9,16,22H,3-7,10-14H2,1-2H3. The maximum atomic E-state index is 10.4. The second kappa shape index (κ2) is 8.08. The van der Waals surface area contributed by atoms with Crippen LogP contribution in [0, 0.1) is 0 Å². The third-order valence-corrected chi connectivity index (χ3v) is 5.49. The van der Waals surface area contributed by atoms with Gasteiger partial charge in [0.25, 0.3) is 0 Å². The van der Waals surface area contributed by atoms with Gasteiger partial charge in [0.15, 0.2) is 11.5 Å². The third kappa shape index (κ3) is 3.78. The Hall–Kier alpha value is -1.46. The highest BCUT2D eigenvalue weighted by molar-refractivity contribution is 5.54. The van der Waals surface area contributed by atoms with E-state index in [1.54, 1.807) is 14.2 Å². The van der Waals surface area contributed by atoms with Gasteiger partial charge in [-0.3, -0.25) is 9.80 Å². The van der Waals surface area contributed by atoms with Crippen LogP contribution in [0.2, 0.25) is 0 Å². The number of rotatable bonds is 5. The van der Waals surface area contributed by atoms with Gasteiger partial charge in [0.2, 0.25) is 5.75 Å². The molecule has 1 aliphatic heterocycles. The highest BCUT2D eigenvalue weighted by Gasteiger charge is 2.25. The second-order valence-electron chi connectivity index (χ2n) is 6.91. The van der Waals surface area contributed by atoms with Crippen LogP contribution in [0.5, 0.6) is 17.2 Å². The number of methoxy groups -OCH3 is 2. The molecule has 0 radical (unpaired) electrons. The highest BCUT2D eigenvalue weighted by atomic mass is 16.5. The van der Waals surface area contributed by atoms with Crippen molar-refractivity contribution in [3.8, 4) is 17.2 Å². The summed E-state index contributed by atoms with van der Waals surface area (Å²) in [5.74, 6) is 1.20. The van der Waals surface area contributed by atoms with Gasteiger partial charge in [-0.15, -0.1) is 0 Å². The van der Waals surface area contributed by atoms with E-state index in [0.29, 0.717) is 11.5 Å². The Kier molecular flexibility index (Phi) is 5.85. The largest absolute Gasteiger partial charge is 0.504 e. The first-order chi connectivity index (χ1) is 11.7. The van der Waals surface area contributed by atoms with Gasteiger partial charge in [-0.2, -0.15) is 0 Å². The van der Waals surface area contributed by atoms with E-state index in [4.69, 9.17) is 9.47 Å².